The highest BCUT2D eigenvalue weighted by Gasteiger charge is 2.16. The molecule has 5 rings (SSSR count). The summed E-state index contributed by atoms with van der Waals surface area (Å²) >= 11 is 1.61. The smallest absolute Gasteiger partial charge is 0.263 e. The Bertz CT molecular complexity index is 1520. The minimum absolute atomic E-state index is 0.143. The van der Waals surface area contributed by atoms with Gasteiger partial charge in [-0.05, 0) is 55.0 Å². The largest absolute Gasteiger partial charge is 0.340 e. The number of nitrogens with zero attached hydrogens (tertiary/aromatic N) is 3. The summed E-state index contributed by atoms with van der Waals surface area (Å²) < 4.78 is 27.7. The van der Waals surface area contributed by atoms with Crippen LogP contribution in [0.5, 0.6) is 0 Å². The number of aryl methyl sites for hydroxylation is 1. The van der Waals surface area contributed by atoms with Crippen LogP contribution in [0.2, 0.25) is 0 Å². The van der Waals surface area contributed by atoms with E-state index < -0.39 is 10.0 Å². The molecule has 0 saturated heterocycles. The highest BCUT2D eigenvalue weighted by Crippen LogP contribution is 2.36. The standard InChI is InChI=1S/C24H19N5O2S2/c1-16-26-23(20-15-21(32-24(20)27-16)17-7-3-2-4-8-17)28-18-10-12-19(13-11-18)33(30,31)29-22-9-5-6-14-25-22/h2-15H,1H3,(H,25,29)(H,26,27,28). The topological polar surface area (TPSA) is 96.9 Å². The summed E-state index contributed by atoms with van der Waals surface area (Å²) in [7, 11) is -3.74. The fourth-order valence-electron chi connectivity index (χ4n) is 3.34. The van der Waals surface area contributed by atoms with Gasteiger partial charge < -0.3 is 5.32 Å². The van der Waals surface area contributed by atoms with Crippen LogP contribution in [-0.2, 0) is 10.0 Å². The number of thiophene rings is 1. The summed E-state index contributed by atoms with van der Waals surface area (Å²) in [6.07, 6.45) is 1.53. The van der Waals surface area contributed by atoms with E-state index >= 15 is 0 Å². The third kappa shape index (κ3) is 4.55. The maximum Gasteiger partial charge on any atom is 0.263 e. The molecular weight excluding hydrogens is 454 g/mol. The zero-order chi connectivity index (χ0) is 22.8. The molecule has 9 heteroatoms. The molecule has 0 spiro atoms. The molecule has 7 nitrogen and oxygen atoms in total. The maximum absolute atomic E-state index is 12.6. The molecule has 0 saturated carbocycles. The van der Waals surface area contributed by atoms with Crippen LogP contribution in [0, 0.1) is 6.92 Å². The minimum Gasteiger partial charge on any atom is -0.340 e. The number of sulfonamides is 1. The van der Waals surface area contributed by atoms with Crippen LogP contribution in [0.1, 0.15) is 5.82 Å². The lowest BCUT2D eigenvalue weighted by Crippen LogP contribution is -2.13. The lowest BCUT2D eigenvalue weighted by Gasteiger charge is -2.10. The molecule has 0 aliphatic rings. The summed E-state index contributed by atoms with van der Waals surface area (Å²) in [6.45, 7) is 1.85. The predicted molar refractivity (Wildman–Crippen MR) is 132 cm³/mol. The third-order valence-electron chi connectivity index (χ3n) is 4.89. The highest BCUT2D eigenvalue weighted by atomic mass is 32.2. The van der Waals surface area contributed by atoms with Crippen LogP contribution in [0.15, 0.2) is 90.0 Å². The maximum atomic E-state index is 12.6. The monoisotopic (exact) mass is 473 g/mol. The number of anilines is 3. The van der Waals surface area contributed by atoms with E-state index in [0.29, 0.717) is 11.6 Å². The average molecular weight is 474 g/mol. The van der Waals surface area contributed by atoms with Crippen molar-refractivity contribution in [1.82, 2.24) is 15.0 Å². The van der Waals surface area contributed by atoms with Crippen LogP contribution >= 0.6 is 11.3 Å². The first-order chi connectivity index (χ1) is 16.0. The third-order valence-corrected chi connectivity index (χ3v) is 7.34. The molecule has 0 atom stereocenters. The molecule has 0 bridgehead atoms. The Kier molecular flexibility index (Phi) is 5.49. The molecule has 33 heavy (non-hydrogen) atoms. The Labute approximate surface area is 195 Å². The van der Waals surface area contributed by atoms with E-state index in [1.54, 1.807) is 53.8 Å². The van der Waals surface area contributed by atoms with Gasteiger partial charge in [0.1, 0.15) is 22.3 Å². The minimum atomic E-state index is -3.74. The first-order valence-electron chi connectivity index (χ1n) is 10.1. The molecule has 3 heterocycles. The van der Waals surface area contributed by atoms with Gasteiger partial charge in [0.25, 0.3) is 10.0 Å². The van der Waals surface area contributed by atoms with Gasteiger partial charge in [-0.1, -0.05) is 36.4 Å². The van der Waals surface area contributed by atoms with E-state index in [2.05, 4.69) is 43.2 Å². The van der Waals surface area contributed by atoms with Crippen molar-refractivity contribution in [3.8, 4) is 10.4 Å². The van der Waals surface area contributed by atoms with Crippen LogP contribution in [0.4, 0.5) is 17.3 Å². The molecule has 5 aromatic rings. The molecule has 164 valence electrons. The van der Waals surface area contributed by atoms with Crippen molar-refractivity contribution < 1.29 is 8.42 Å². The first-order valence-corrected chi connectivity index (χ1v) is 12.4. The zero-order valence-electron chi connectivity index (χ0n) is 17.6. The number of aromatic nitrogens is 3. The van der Waals surface area contributed by atoms with Crippen LogP contribution in [-0.4, -0.2) is 23.4 Å². The van der Waals surface area contributed by atoms with E-state index in [0.717, 1.165) is 26.3 Å². The molecule has 0 aliphatic carbocycles. The van der Waals surface area contributed by atoms with Crippen molar-refractivity contribution in [3.63, 3.8) is 0 Å². The second-order valence-corrected chi connectivity index (χ2v) is 10.00. The molecule has 2 N–H and O–H groups in total. The van der Waals surface area contributed by atoms with Crippen molar-refractivity contribution in [2.45, 2.75) is 11.8 Å². The molecule has 0 fully saturated rings. The number of pyridine rings is 1. The van der Waals surface area contributed by atoms with E-state index in [4.69, 9.17) is 0 Å². The summed E-state index contributed by atoms with van der Waals surface area (Å²) in [5.74, 6) is 1.61. The zero-order valence-corrected chi connectivity index (χ0v) is 19.2. The quantitative estimate of drug-likeness (QED) is 0.333. The Morgan fingerprint density at radius 1 is 0.879 bits per heavy atom. The predicted octanol–water partition coefficient (Wildman–Crippen LogP) is 5.61. The van der Waals surface area contributed by atoms with Gasteiger partial charge in [-0.15, -0.1) is 11.3 Å². The Morgan fingerprint density at radius 3 is 2.36 bits per heavy atom. The molecule has 0 aliphatic heterocycles. The number of nitrogens with one attached hydrogen (secondary N) is 2. The molecular formula is C24H19N5O2S2. The fraction of sp³-hybridized carbons (Fsp3) is 0.0417. The Balaban J connectivity index is 1.42. The highest BCUT2D eigenvalue weighted by molar-refractivity contribution is 7.92. The summed E-state index contributed by atoms with van der Waals surface area (Å²) in [5.41, 5.74) is 1.85. The normalized spacial score (nSPS) is 11.4. The Hall–Kier alpha value is -3.82. The first kappa shape index (κ1) is 21.0. The van der Waals surface area contributed by atoms with Gasteiger partial charge in [0.2, 0.25) is 0 Å². The Morgan fingerprint density at radius 2 is 1.64 bits per heavy atom. The summed E-state index contributed by atoms with van der Waals surface area (Å²) in [5, 5.41) is 4.22. The number of rotatable bonds is 6. The van der Waals surface area contributed by atoms with Crippen molar-refractivity contribution in [2.75, 3.05) is 10.0 Å². The van der Waals surface area contributed by atoms with Crippen LogP contribution in [0.3, 0.4) is 0 Å². The molecule has 3 aromatic heterocycles. The van der Waals surface area contributed by atoms with Gasteiger partial charge in [-0.2, -0.15) is 0 Å². The molecule has 0 amide bonds. The van der Waals surface area contributed by atoms with Gasteiger partial charge in [0, 0.05) is 16.8 Å². The molecule has 0 unspecified atom stereocenters. The van der Waals surface area contributed by atoms with Crippen molar-refractivity contribution in [1.29, 1.82) is 0 Å². The number of benzene rings is 2. The van der Waals surface area contributed by atoms with Gasteiger partial charge in [0.05, 0.1) is 10.3 Å². The van der Waals surface area contributed by atoms with Crippen LogP contribution < -0.4 is 10.0 Å². The number of hydrogen-bond acceptors (Lipinski definition) is 7. The van der Waals surface area contributed by atoms with Gasteiger partial charge in [-0.25, -0.2) is 23.4 Å². The van der Waals surface area contributed by atoms with Crippen molar-refractivity contribution in [2.24, 2.45) is 0 Å². The van der Waals surface area contributed by atoms with Gasteiger partial charge in [-0.3, -0.25) is 4.72 Å². The van der Waals surface area contributed by atoms with Crippen molar-refractivity contribution in [3.05, 3.63) is 90.9 Å². The van der Waals surface area contributed by atoms with Crippen molar-refractivity contribution >= 4 is 48.9 Å². The van der Waals surface area contributed by atoms with Crippen LogP contribution in [0.25, 0.3) is 20.7 Å². The second-order valence-electron chi connectivity index (χ2n) is 7.28. The number of hydrogen-bond donors (Lipinski definition) is 2. The average Bonchev–Trinajstić information content (AvgIpc) is 3.25. The molecule has 2 aromatic carbocycles. The van der Waals surface area contributed by atoms with E-state index in [9.17, 15) is 8.42 Å². The number of fused-ring (bicyclic) bond motifs is 1. The van der Waals surface area contributed by atoms with Gasteiger partial charge >= 0.3 is 0 Å². The van der Waals surface area contributed by atoms with E-state index in [1.807, 2.05) is 25.1 Å². The lowest BCUT2D eigenvalue weighted by molar-refractivity contribution is 0.601. The lowest BCUT2D eigenvalue weighted by atomic mass is 10.2. The van der Waals surface area contributed by atoms with E-state index in [-0.39, 0.29) is 10.7 Å². The second kappa shape index (κ2) is 8.61. The SMILES string of the molecule is Cc1nc(Nc2ccc(S(=O)(=O)Nc3ccccn3)cc2)c2cc(-c3ccccc3)sc2n1. The molecule has 0 radical (unpaired) electrons. The van der Waals surface area contributed by atoms with E-state index in [1.165, 1.54) is 6.20 Å². The summed E-state index contributed by atoms with van der Waals surface area (Å²) in [6, 6.07) is 23.8. The van der Waals surface area contributed by atoms with Gasteiger partial charge in [0.15, 0.2) is 0 Å². The summed E-state index contributed by atoms with van der Waals surface area (Å²) in [4.78, 5) is 15.3. The fourth-order valence-corrected chi connectivity index (χ4v) is 5.43.